The van der Waals surface area contributed by atoms with Crippen molar-refractivity contribution in [2.24, 2.45) is 0 Å². The van der Waals surface area contributed by atoms with Crippen LogP contribution in [-0.4, -0.2) is 45.6 Å². The van der Waals surface area contributed by atoms with E-state index in [0.29, 0.717) is 5.75 Å². The predicted octanol–water partition coefficient (Wildman–Crippen LogP) is 1.75. The summed E-state index contributed by atoms with van der Waals surface area (Å²) in [5.74, 6) is 0.526. The highest BCUT2D eigenvalue weighted by Crippen LogP contribution is 2.24. The van der Waals surface area contributed by atoms with Crippen LogP contribution in [-0.2, 0) is 4.79 Å². The molecular formula is C11H23NO2S. The summed E-state index contributed by atoms with van der Waals surface area (Å²) < 4.78 is 0.0971. The van der Waals surface area contributed by atoms with E-state index in [1.807, 2.05) is 13.8 Å². The van der Waals surface area contributed by atoms with Crippen molar-refractivity contribution in [2.45, 2.75) is 44.9 Å². The van der Waals surface area contributed by atoms with Crippen LogP contribution in [0, 0.1) is 0 Å². The van der Waals surface area contributed by atoms with Crippen molar-refractivity contribution in [3.05, 3.63) is 0 Å². The Morgan fingerprint density at radius 3 is 2.07 bits per heavy atom. The molecule has 3 nitrogen and oxygen atoms in total. The highest BCUT2D eigenvalue weighted by Gasteiger charge is 2.27. The zero-order valence-corrected chi connectivity index (χ0v) is 11.4. The third kappa shape index (κ3) is 5.42. The van der Waals surface area contributed by atoms with Crippen molar-refractivity contribution in [2.75, 3.05) is 19.4 Å². The molecule has 0 saturated heterocycles. The Balaban J connectivity index is 4.23. The molecule has 0 spiro atoms. The summed E-state index contributed by atoms with van der Waals surface area (Å²) in [4.78, 5) is 13.4. The average Bonchev–Trinajstić information content (AvgIpc) is 2.11. The molecule has 15 heavy (non-hydrogen) atoms. The first-order chi connectivity index (χ1) is 6.60. The van der Waals surface area contributed by atoms with Crippen LogP contribution >= 0.6 is 11.8 Å². The maximum Gasteiger partial charge on any atom is 0.232 e. The lowest BCUT2D eigenvalue weighted by molar-refractivity contribution is -0.133. The van der Waals surface area contributed by atoms with E-state index < -0.39 is 5.54 Å². The van der Waals surface area contributed by atoms with Crippen LogP contribution in [0.15, 0.2) is 0 Å². The number of aliphatic hydroxyl groups is 1. The lowest BCUT2D eigenvalue weighted by Crippen LogP contribution is -2.48. The molecule has 0 aliphatic rings. The van der Waals surface area contributed by atoms with E-state index in [9.17, 15) is 4.79 Å². The molecule has 0 rings (SSSR count). The van der Waals surface area contributed by atoms with E-state index >= 15 is 0 Å². The second-order valence-corrected chi connectivity index (χ2v) is 7.13. The van der Waals surface area contributed by atoms with Gasteiger partial charge in [-0.05, 0) is 13.8 Å². The van der Waals surface area contributed by atoms with Gasteiger partial charge in [-0.1, -0.05) is 20.8 Å². The molecule has 0 unspecified atom stereocenters. The van der Waals surface area contributed by atoms with Crippen LogP contribution in [0.4, 0.5) is 0 Å². The molecule has 0 aliphatic heterocycles. The first-order valence-corrected chi connectivity index (χ1v) is 6.10. The van der Waals surface area contributed by atoms with Gasteiger partial charge in [0.05, 0.1) is 17.9 Å². The number of carbonyl (C=O) groups is 1. The van der Waals surface area contributed by atoms with E-state index in [1.54, 1.807) is 23.7 Å². The molecule has 0 heterocycles. The monoisotopic (exact) mass is 233 g/mol. The molecule has 0 saturated carbocycles. The topological polar surface area (TPSA) is 40.5 Å². The van der Waals surface area contributed by atoms with Crippen molar-refractivity contribution < 1.29 is 9.90 Å². The standard InChI is InChI=1S/C11H23NO2S/c1-10(2,3)15-7-9(14)12(6)11(4,5)8-13/h13H,7-8H2,1-6H3. The Morgan fingerprint density at radius 2 is 1.73 bits per heavy atom. The molecule has 0 aromatic heterocycles. The molecule has 0 bridgehead atoms. The summed E-state index contributed by atoms with van der Waals surface area (Å²) in [6, 6.07) is 0. The highest BCUT2D eigenvalue weighted by molar-refractivity contribution is 8.01. The van der Waals surface area contributed by atoms with Crippen molar-refractivity contribution >= 4 is 17.7 Å². The second-order valence-electron chi connectivity index (χ2n) is 5.32. The summed E-state index contributed by atoms with van der Waals surface area (Å²) in [7, 11) is 1.74. The minimum atomic E-state index is -0.477. The van der Waals surface area contributed by atoms with Gasteiger partial charge in [0.25, 0.3) is 0 Å². The Kier molecular flexibility index (Phi) is 5.14. The fourth-order valence-electron chi connectivity index (χ4n) is 0.819. The first-order valence-electron chi connectivity index (χ1n) is 5.11. The summed E-state index contributed by atoms with van der Waals surface area (Å²) in [6.07, 6.45) is 0. The zero-order chi connectivity index (χ0) is 12.3. The average molecular weight is 233 g/mol. The van der Waals surface area contributed by atoms with Crippen molar-refractivity contribution in [3.63, 3.8) is 0 Å². The van der Waals surface area contributed by atoms with Gasteiger partial charge < -0.3 is 10.0 Å². The summed E-state index contributed by atoms with van der Waals surface area (Å²) in [6.45, 7) is 9.95. The van der Waals surface area contributed by atoms with Gasteiger partial charge >= 0.3 is 0 Å². The Hall–Kier alpha value is -0.220. The van der Waals surface area contributed by atoms with Crippen LogP contribution in [0.3, 0.4) is 0 Å². The number of likely N-dealkylation sites (N-methyl/N-ethyl adjacent to an activating group) is 1. The molecule has 1 amide bonds. The number of hydrogen-bond donors (Lipinski definition) is 1. The van der Waals surface area contributed by atoms with Gasteiger partial charge in [0.2, 0.25) is 5.91 Å². The fourth-order valence-corrected chi connectivity index (χ4v) is 1.57. The molecule has 0 aliphatic carbocycles. The molecule has 0 radical (unpaired) electrons. The number of carbonyl (C=O) groups excluding carboxylic acids is 1. The maximum absolute atomic E-state index is 11.8. The third-order valence-corrected chi connectivity index (χ3v) is 3.56. The number of thioether (sulfide) groups is 1. The van der Waals surface area contributed by atoms with Gasteiger partial charge in [0.1, 0.15) is 0 Å². The minimum absolute atomic E-state index is 0.0184. The largest absolute Gasteiger partial charge is 0.394 e. The summed E-state index contributed by atoms with van der Waals surface area (Å²) in [5.41, 5.74) is -0.477. The van der Waals surface area contributed by atoms with E-state index in [1.165, 1.54) is 0 Å². The molecule has 90 valence electrons. The zero-order valence-electron chi connectivity index (χ0n) is 10.6. The molecule has 0 fully saturated rings. The first kappa shape index (κ1) is 14.8. The highest BCUT2D eigenvalue weighted by atomic mass is 32.2. The molecular weight excluding hydrogens is 210 g/mol. The number of aliphatic hydroxyl groups excluding tert-OH is 1. The van der Waals surface area contributed by atoms with Gasteiger partial charge in [0, 0.05) is 11.8 Å². The van der Waals surface area contributed by atoms with Gasteiger partial charge in [0.15, 0.2) is 0 Å². The quantitative estimate of drug-likeness (QED) is 0.804. The van der Waals surface area contributed by atoms with Crippen LogP contribution in [0.1, 0.15) is 34.6 Å². The van der Waals surface area contributed by atoms with Gasteiger partial charge in [-0.25, -0.2) is 0 Å². The summed E-state index contributed by atoms with van der Waals surface area (Å²) >= 11 is 1.62. The lowest BCUT2D eigenvalue weighted by atomic mass is 10.1. The normalized spacial score (nSPS) is 12.7. The molecule has 1 N–H and O–H groups in total. The van der Waals surface area contributed by atoms with Gasteiger partial charge in [-0.15, -0.1) is 11.8 Å². The van der Waals surface area contributed by atoms with Crippen LogP contribution in [0.25, 0.3) is 0 Å². The molecule has 0 aromatic rings. The van der Waals surface area contributed by atoms with E-state index in [2.05, 4.69) is 20.8 Å². The van der Waals surface area contributed by atoms with Gasteiger partial charge in [-0.3, -0.25) is 4.79 Å². The van der Waals surface area contributed by atoms with Crippen molar-refractivity contribution in [1.82, 2.24) is 4.90 Å². The Morgan fingerprint density at radius 1 is 1.27 bits per heavy atom. The number of nitrogens with zero attached hydrogens (tertiary/aromatic N) is 1. The van der Waals surface area contributed by atoms with E-state index in [4.69, 9.17) is 5.11 Å². The lowest BCUT2D eigenvalue weighted by Gasteiger charge is -2.34. The molecule has 0 atom stereocenters. The van der Waals surface area contributed by atoms with Crippen LogP contribution in [0.2, 0.25) is 0 Å². The summed E-state index contributed by atoms with van der Waals surface area (Å²) in [5, 5.41) is 9.14. The Bertz CT molecular complexity index is 221. The van der Waals surface area contributed by atoms with E-state index in [-0.39, 0.29) is 17.3 Å². The number of hydrogen-bond acceptors (Lipinski definition) is 3. The second kappa shape index (κ2) is 5.21. The SMILES string of the molecule is CN(C(=O)CSC(C)(C)C)C(C)(C)CO. The third-order valence-electron chi connectivity index (χ3n) is 2.30. The van der Waals surface area contributed by atoms with Crippen LogP contribution in [0.5, 0.6) is 0 Å². The number of amides is 1. The molecule has 0 aromatic carbocycles. The minimum Gasteiger partial charge on any atom is -0.394 e. The maximum atomic E-state index is 11.8. The number of rotatable bonds is 4. The fraction of sp³-hybridized carbons (Fsp3) is 0.909. The van der Waals surface area contributed by atoms with E-state index in [0.717, 1.165) is 0 Å². The van der Waals surface area contributed by atoms with Crippen LogP contribution < -0.4 is 0 Å². The van der Waals surface area contributed by atoms with Crippen molar-refractivity contribution in [1.29, 1.82) is 0 Å². The van der Waals surface area contributed by atoms with Crippen molar-refractivity contribution in [3.8, 4) is 0 Å². The molecule has 4 heteroatoms. The smallest absolute Gasteiger partial charge is 0.232 e. The van der Waals surface area contributed by atoms with Gasteiger partial charge in [-0.2, -0.15) is 0 Å². The predicted molar refractivity (Wildman–Crippen MR) is 66.1 cm³/mol. The Labute approximate surface area is 97.2 Å².